The molecule has 0 aliphatic carbocycles. The highest BCUT2D eigenvalue weighted by molar-refractivity contribution is 5.94. The van der Waals surface area contributed by atoms with Crippen LogP contribution >= 0.6 is 0 Å². The van der Waals surface area contributed by atoms with Crippen LogP contribution in [-0.4, -0.2) is 40.0 Å². The Labute approximate surface area is 162 Å². The topological polar surface area (TPSA) is 70.1 Å². The first-order valence-electron chi connectivity index (χ1n) is 9.60. The predicted molar refractivity (Wildman–Crippen MR) is 106 cm³/mol. The van der Waals surface area contributed by atoms with Crippen LogP contribution in [0.1, 0.15) is 35.8 Å². The maximum absolute atomic E-state index is 13.3. The van der Waals surface area contributed by atoms with Crippen molar-refractivity contribution in [3.63, 3.8) is 0 Å². The maximum atomic E-state index is 13.3. The number of nitrogens with one attached hydrogen (secondary N) is 2. The van der Waals surface area contributed by atoms with Crippen LogP contribution in [0.15, 0.2) is 53.3 Å². The molecule has 1 aliphatic heterocycles. The van der Waals surface area contributed by atoms with Crippen LogP contribution in [0.25, 0.3) is 11.0 Å². The van der Waals surface area contributed by atoms with Crippen molar-refractivity contribution in [2.24, 2.45) is 0 Å². The number of halogens is 1. The second-order valence-electron chi connectivity index (χ2n) is 7.10. The van der Waals surface area contributed by atoms with Crippen LogP contribution in [0.4, 0.5) is 4.39 Å². The van der Waals surface area contributed by atoms with Gasteiger partial charge in [0.1, 0.15) is 5.82 Å². The molecule has 2 N–H and O–H groups in total. The molecule has 2 heterocycles. The van der Waals surface area contributed by atoms with Crippen molar-refractivity contribution in [3.05, 3.63) is 70.4 Å². The van der Waals surface area contributed by atoms with E-state index in [-0.39, 0.29) is 17.8 Å². The number of para-hydroxylation sites is 2. The average Bonchev–Trinajstić information content (AvgIpc) is 3.04. The first-order chi connectivity index (χ1) is 13.6. The predicted octanol–water partition coefficient (Wildman–Crippen LogP) is 2.88. The number of aromatic amines is 1. The van der Waals surface area contributed by atoms with E-state index in [9.17, 15) is 14.0 Å². The van der Waals surface area contributed by atoms with E-state index < -0.39 is 5.82 Å². The van der Waals surface area contributed by atoms with Crippen molar-refractivity contribution in [2.45, 2.75) is 25.4 Å². The van der Waals surface area contributed by atoms with Gasteiger partial charge in [0.15, 0.2) is 0 Å². The number of H-pyrrole nitrogens is 1. The van der Waals surface area contributed by atoms with Gasteiger partial charge < -0.3 is 10.3 Å². The summed E-state index contributed by atoms with van der Waals surface area (Å²) < 4.78 is 15.1. The number of hydrogen-bond acceptors (Lipinski definition) is 3. The number of aromatic nitrogens is 2. The molecule has 1 atom stereocenters. The molecule has 1 fully saturated rings. The first kappa shape index (κ1) is 18.4. The van der Waals surface area contributed by atoms with Gasteiger partial charge in [-0.3, -0.25) is 14.3 Å². The van der Waals surface area contributed by atoms with Crippen LogP contribution < -0.4 is 11.0 Å². The number of rotatable bonds is 5. The van der Waals surface area contributed by atoms with E-state index in [1.165, 1.54) is 18.2 Å². The lowest BCUT2D eigenvalue weighted by molar-refractivity contribution is 0.0866. The van der Waals surface area contributed by atoms with Crippen molar-refractivity contribution in [1.82, 2.24) is 19.8 Å². The van der Waals surface area contributed by atoms with Gasteiger partial charge in [0.05, 0.1) is 17.2 Å². The average molecular weight is 382 g/mol. The zero-order valence-electron chi connectivity index (χ0n) is 15.5. The van der Waals surface area contributed by atoms with E-state index in [1.54, 1.807) is 6.07 Å². The summed E-state index contributed by atoms with van der Waals surface area (Å²) in [5, 5.41) is 2.85. The molecule has 2 aromatic carbocycles. The number of hydrogen-bond donors (Lipinski definition) is 2. The summed E-state index contributed by atoms with van der Waals surface area (Å²) in [5.41, 5.74) is 1.93. The van der Waals surface area contributed by atoms with Crippen molar-refractivity contribution in [1.29, 1.82) is 0 Å². The quantitative estimate of drug-likeness (QED) is 0.713. The second-order valence-corrected chi connectivity index (χ2v) is 7.10. The first-order valence-corrected chi connectivity index (χ1v) is 9.60. The fourth-order valence-corrected chi connectivity index (χ4v) is 3.94. The van der Waals surface area contributed by atoms with Crippen LogP contribution in [-0.2, 0) is 0 Å². The zero-order chi connectivity index (χ0) is 19.5. The fraction of sp³-hybridized carbons (Fsp3) is 0.333. The number of likely N-dealkylation sites (tertiary alicyclic amines) is 1. The Morgan fingerprint density at radius 3 is 2.89 bits per heavy atom. The third-order valence-corrected chi connectivity index (χ3v) is 5.27. The van der Waals surface area contributed by atoms with E-state index in [0.717, 1.165) is 36.8 Å². The normalized spacial score (nSPS) is 17.7. The van der Waals surface area contributed by atoms with Gasteiger partial charge in [-0.15, -0.1) is 0 Å². The molecule has 146 valence electrons. The van der Waals surface area contributed by atoms with Crippen LogP contribution in [0.3, 0.4) is 0 Å². The molecule has 6 nitrogen and oxygen atoms in total. The maximum Gasteiger partial charge on any atom is 0.327 e. The highest BCUT2D eigenvalue weighted by Gasteiger charge is 2.26. The fourth-order valence-electron chi connectivity index (χ4n) is 3.94. The molecule has 1 aliphatic rings. The molecule has 0 bridgehead atoms. The Balaban J connectivity index is 1.46. The molecular weight excluding hydrogens is 359 g/mol. The molecule has 0 spiro atoms. The number of carbonyl (C=O) groups excluding carboxylic acids is 1. The third-order valence-electron chi connectivity index (χ3n) is 5.27. The summed E-state index contributed by atoms with van der Waals surface area (Å²) in [6.45, 7) is 1.92. The van der Waals surface area contributed by atoms with E-state index in [1.807, 2.05) is 28.8 Å². The molecule has 1 saturated heterocycles. The minimum absolute atomic E-state index is 0.0385. The lowest BCUT2D eigenvalue weighted by Gasteiger charge is -2.36. The summed E-state index contributed by atoms with van der Waals surface area (Å²) in [7, 11) is 0. The zero-order valence-corrected chi connectivity index (χ0v) is 15.5. The Morgan fingerprint density at radius 2 is 2.04 bits per heavy atom. The number of fused-ring (bicyclic) bond motifs is 1. The van der Waals surface area contributed by atoms with E-state index >= 15 is 0 Å². The summed E-state index contributed by atoms with van der Waals surface area (Å²) in [5.74, 6) is -0.722. The van der Waals surface area contributed by atoms with Crippen LogP contribution in [0, 0.1) is 5.82 Å². The molecule has 7 heteroatoms. The minimum atomic E-state index is -0.428. The molecule has 1 unspecified atom stereocenters. The minimum Gasteiger partial charge on any atom is -0.351 e. The molecule has 0 radical (unpaired) electrons. The Hall–Kier alpha value is -2.93. The van der Waals surface area contributed by atoms with Gasteiger partial charge in [-0.1, -0.05) is 18.2 Å². The largest absolute Gasteiger partial charge is 0.351 e. The van der Waals surface area contributed by atoms with Crippen molar-refractivity contribution >= 4 is 16.9 Å². The number of carbonyl (C=O) groups is 1. The summed E-state index contributed by atoms with van der Waals surface area (Å²) in [4.78, 5) is 29.9. The molecule has 0 saturated carbocycles. The lowest BCUT2D eigenvalue weighted by atomic mass is 10.1. The third kappa shape index (κ3) is 3.71. The Morgan fingerprint density at radius 1 is 1.18 bits per heavy atom. The Bertz CT molecular complexity index is 1040. The molecule has 4 rings (SSSR count). The number of piperidine rings is 1. The molecule has 28 heavy (non-hydrogen) atoms. The van der Waals surface area contributed by atoms with Crippen LogP contribution in [0.5, 0.6) is 0 Å². The van der Waals surface area contributed by atoms with E-state index in [4.69, 9.17) is 0 Å². The number of nitrogens with zero attached hydrogens (tertiary/aromatic N) is 2. The molecule has 1 aromatic heterocycles. The number of amides is 1. The summed E-state index contributed by atoms with van der Waals surface area (Å²) >= 11 is 0. The molecule has 1 amide bonds. The van der Waals surface area contributed by atoms with Gasteiger partial charge in [0, 0.05) is 25.2 Å². The van der Waals surface area contributed by atoms with E-state index in [2.05, 4.69) is 15.2 Å². The van der Waals surface area contributed by atoms with Gasteiger partial charge in [0.2, 0.25) is 0 Å². The smallest absolute Gasteiger partial charge is 0.327 e. The van der Waals surface area contributed by atoms with Gasteiger partial charge in [0.25, 0.3) is 5.91 Å². The van der Waals surface area contributed by atoms with Crippen LogP contribution in [0.2, 0.25) is 0 Å². The highest BCUT2D eigenvalue weighted by atomic mass is 19.1. The lowest BCUT2D eigenvalue weighted by Crippen LogP contribution is -2.44. The highest BCUT2D eigenvalue weighted by Crippen LogP contribution is 2.27. The Kier molecular flexibility index (Phi) is 5.25. The standard InChI is InChI=1S/C21H23FN4O2/c22-16-7-5-6-15(14-16)20(27)23-11-13-25-12-4-3-10-19(25)26-18-9-2-1-8-17(18)24-21(26)28/h1-2,5-9,14,19H,3-4,10-13H2,(H,23,27)(H,24,28). The molecular formula is C21H23FN4O2. The van der Waals surface area contributed by atoms with Crippen molar-refractivity contribution in [2.75, 3.05) is 19.6 Å². The van der Waals surface area contributed by atoms with Crippen molar-refractivity contribution in [3.8, 4) is 0 Å². The number of imidazole rings is 1. The number of benzene rings is 2. The van der Waals surface area contributed by atoms with Gasteiger partial charge in [-0.25, -0.2) is 9.18 Å². The van der Waals surface area contributed by atoms with Crippen molar-refractivity contribution < 1.29 is 9.18 Å². The van der Waals surface area contributed by atoms with E-state index in [0.29, 0.717) is 18.7 Å². The second kappa shape index (κ2) is 7.98. The summed E-state index contributed by atoms with van der Waals surface area (Å²) in [6, 6.07) is 13.3. The van der Waals surface area contributed by atoms with Gasteiger partial charge in [-0.2, -0.15) is 0 Å². The van der Waals surface area contributed by atoms with Gasteiger partial charge >= 0.3 is 5.69 Å². The summed E-state index contributed by atoms with van der Waals surface area (Å²) in [6.07, 6.45) is 2.97. The van der Waals surface area contributed by atoms with Gasteiger partial charge in [-0.05, 0) is 49.6 Å². The monoisotopic (exact) mass is 382 g/mol. The molecule has 3 aromatic rings. The SMILES string of the molecule is O=C(NCCN1CCCCC1n1c(=O)[nH]c2ccccc21)c1cccc(F)c1.